The molecule has 1 aliphatic rings. The normalized spacial score (nSPS) is 17.2. The lowest BCUT2D eigenvalue weighted by Gasteiger charge is -2.42. The first-order valence-electron chi connectivity index (χ1n) is 9.57. The third-order valence-electron chi connectivity index (χ3n) is 5.56. The van der Waals surface area contributed by atoms with Gasteiger partial charge in [-0.25, -0.2) is 12.7 Å². The summed E-state index contributed by atoms with van der Waals surface area (Å²) in [6.45, 7) is 2.84. The highest BCUT2D eigenvalue weighted by Gasteiger charge is 2.45. The summed E-state index contributed by atoms with van der Waals surface area (Å²) < 4.78 is 26.1. The molecule has 0 unspecified atom stereocenters. The number of hydrogen-bond acceptors (Lipinski definition) is 4. The van der Waals surface area contributed by atoms with E-state index in [1.807, 2.05) is 42.5 Å². The van der Waals surface area contributed by atoms with Crippen molar-refractivity contribution in [1.82, 2.24) is 14.2 Å². The minimum absolute atomic E-state index is 0.0242. The maximum Gasteiger partial charge on any atom is 0.233 e. The van der Waals surface area contributed by atoms with Gasteiger partial charge in [0.05, 0.1) is 11.2 Å². The number of nitrogens with zero attached hydrogens (tertiary/aromatic N) is 3. The molecule has 1 amide bonds. The van der Waals surface area contributed by atoms with Crippen molar-refractivity contribution in [3.63, 3.8) is 0 Å². The summed E-state index contributed by atoms with van der Waals surface area (Å²) in [5.74, 6) is 0.108. The van der Waals surface area contributed by atoms with E-state index in [0.29, 0.717) is 32.5 Å². The molecule has 150 valence electrons. The first-order chi connectivity index (χ1) is 13.4. The lowest BCUT2D eigenvalue weighted by molar-refractivity contribution is -0.138. The Kier molecular flexibility index (Phi) is 6.15. The van der Waals surface area contributed by atoms with Crippen LogP contribution in [0.3, 0.4) is 0 Å². The van der Waals surface area contributed by atoms with Crippen molar-refractivity contribution in [2.75, 3.05) is 25.9 Å². The van der Waals surface area contributed by atoms with Crippen molar-refractivity contribution in [1.29, 1.82) is 0 Å². The molecule has 1 aromatic carbocycles. The molecule has 0 radical (unpaired) electrons. The van der Waals surface area contributed by atoms with E-state index in [-0.39, 0.29) is 11.7 Å². The van der Waals surface area contributed by atoms with E-state index in [0.717, 1.165) is 11.1 Å². The molecule has 2 aromatic rings. The summed E-state index contributed by atoms with van der Waals surface area (Å²) >= 11 is 0. The van der Waals surface area contributed by atoms with Crippen LogP contribution in [0.5, 0.6) is 0 Å². The van der Waals surface area contributed by atoms with E-state index in [2.05, 4.69) is 4.98 Å². The molecule has 28 heavy (non-hydrogen) atoms. The standard InChI is InChI=1S/C21H27N3O3S/c1-3-28(26,27)24-14-11-21(12-15-24,19-9-5-4-6-10-19)20(25)23(2)17-18-8-7-13-22-16-18/h4-10,13,16H,3,11-12,14-15,17H2,1-2H3. The summed E-state index contributed by atoms with van der Waals surface area (Å²) in [4.78, 5) is 19.4. The Balaban J connectivity index is 1.87. The van der Waals surface area contributed by atoms with Crippen molar-refractivity contribution in [2.45, 2.75) is 31.7 Å². The van der Waals surface area contributed by atoms with Gasteiger partial charge in [-0.15, -0.1) is 0 Å². The third kappa shape index (κ3) is 4.10. The maximum atomic E-state index is 13.6. The number of carbonyl (C=O) groups excluding carboxylic acids is 1. The van der Waals surface area contributed by atoms with Crippen molar-refractivity contribution in [3.8, 4) is 0 Å². The molecule has 1 fully saturated rings. The van der Waals surface area contributed by atoms with Crippen LogP contribution < -0.4 is 0 Å². The summed E-state index contributed by atoms with van der Waals surface area (Å²) in [6.07, 6.45) is 4.43. The number of carbonyl (C=O) groups is 1. The van der Waals surface area contributed by atoms with E-state index in [1.165, 1.54) is 4.31 Å². The predicted molar refractivity (Wildman–Crippen MR) is 109 cm³/mol. The van der Waals surface area contributed by atoms with Gasteiger partial charge < -0.3 is 4.90 Å². The van der Waals surface area contributed by atoms with Crippen LogP contribution in [0, 0.1) is 0 Å². The van der Waals surface area contributed by atoms with Gasteiger partial charge in [0.2, 0.25) is 15.9 Å². The molecule has 1 aromatic heterocycles. The van der Waals surface area contributed by atoms with Gasteiger partial charge in [-0.05, 0) is 37.0 Å². The van der Waals surface area contributed by atoms with Crippen LogP contribution in [-0.4, -0.2) is 54.4 Å². The molecule has 3 rings (SSSR count). The number of likely N-dealkylation sites (N-methyl/N-ethyl adjacent to an activating group) is 1. The summed E-state index contributed by atoms with van der Waals surface area (Å²) in [5.41, 5.74) is 1.21. The maximum absolute atomic E-state index is 13.6. The van der Waals surface area contributed by atoms with E-state index in [9.17, 15) is 13.2 Å². The molecule has 1 aliphatic heterocycles. The highest BCUT2D eigenvalue weighted by Crippen LogP contribution is 2.38. The Morgan fingerprint density at radius 3 is 2.39 bits per heavy atom. The largest absolute Gasteiger partial charge is 0.341 e. The molecule has 7 heteroatoms. The summed E-state index contributed by atoms with van der Waals surface area (Å²) in [6, 6.07) is 13.5. The van der Waals surface area contributed by atoms with Crippen molar-refractivity contribution in [3.05, 3.63) is 66.0 Å². The fourth-order valence-electron chi connectivity index (χ4n) is 3.91. The Morgan fingerprint density at radius 2 is 1.82 bits per heavy atom. The van der Waals surface area contributed by atoms with Crippen LogP contribution in [0.15, 0.2) is 54.9 Å². The van der Waals surface area contributed by atoms with Crippen LogP contribution in [0.1, 0.15) is 30.9 Å². The van der Waals surface area contributed by atoms with Crippen molar-refractivity contribution < 1.29 is 13.2 Å². The number of benzene rings is 1. The van der Waals surface area contributed by atoms with Gasteiger partial charge in [-0.2, -0.15) is 0 Å². The molecule has 0 aliphatic carbocycles. The third-order valence-corrected chi connectivity index (χ3v) is 7.44. The molecule has 0 saturated carbocycles. The van der Waals surface area contributed by atoms with Gasteiger partial charge in [0.15, 0.2) is 0 Å². The molecular formula is C21H27N3O3S. The lowest BCUT2D eigenvalue weighted by Crippen LogP contribution is -2.53. The average Bonchev–Trinajstić information content (AvgIpc) is 2.74. The van der Waals surface area contributed by atoms with Gasteiger partial charge >= 0.3 is 0 Å². The zero-order valence-corrected chi connectivity index (χ0v) is 17.2. The number of amides is 1. The SMILES string of the molecule is CCS(=O)(=O)N1CCC(C(=O)N(C)Cc2cccnc2)(c2ccccc2)CC1. The second kappa shape index (κ2) is 8.41. The monoisotopic (exact) mass is 401 g/mol. The molecule has 0 spiro atoms. The van der Waals surface area contributed by atoms with Crippen molar-refractivity contribution >= 4 is 15.9 Å². The Hall–Kier alpha value is -2.25. The summed E-state index contributed by atoms with van der Waals surface area (Å²) in [5, 5.41) is 0. The highest BCUT2D eigenvalue weighted by atomic mass is 32.2. The molecule has 6 nitrogen and oxygen atoms in total. The van der Waals surface area contributed by atoms with Gasteiger partial charge in [-0.1, -0.05) is 36.4 Å². The average molecular weight is 402 g/mol. The molecule has 1 saturated heterocycles. The molecule has 0 atom stereocenters. The Morgan fingerprint density at radius 1 is 1.14 bits per heavy atom. The minimum atomic E-state index is -3.25. The first kappa shape index (κ1) is 20.5. The second-order valence-electron chi connectivity index (χ2n) is 7.27. The number of hydrogen-bond donors (Lipinski definition) is 0. The molecule has 0 N–H and O–H groups in total. The quantitative estimate of drug-likeness (QED) is 0.745. The highest BCUT2D eigenvalue weighted by molar-refractivity contribution is 7.89. The molecule has 2 heterocycles. The van der Waals surface area contributed by atoms with E-state index in [4.69, 9.17) is 0 Å². The van der Waals surface area contributed by atoms with Crippen LogP contribution in [0.2, 0.25) is 0 Å². The van der Waals surface area contributed by atoms with E-state index in [1.54, 1.807) is 31.3 Å². The zero-order valence-electron chi connectivity index (χ0n) is 16.4. The van der Waals surface area contributed by atoms with E-state index < -0.39 is 15.4 Å². The number of rotatable bonds is 6. The fraction of sp³-hybridized carbons (Fsp3) is 0.429. The topological polar surface area (TPSA) is 70.6 Å². The minimum Gasteiger partial charge on any atom is -0.341 e. The van der Waals surface area contributed by atoms with Gasteiger partial charge in [0.1, 0.15) is 0 Å². The molecule has 0 bridgehead atoms. The second-order valence-corrected chi connectivity index (χ2v) is 9.53. The predicted octanol–water partition coefficient (Wildman–Crippen LogP) is 2.42. The number of piperidine rings is 1. The fourth-order valence-corrected chi connectivity index (χ4v) is 5.02. The van der Waals surface area contributed by atoms with Crippen LogP contribution >= 0.6 is 0 Å². The summed E-state index contributed by atoms with van der Waals surface area (Å²) in [7, 11) is -1.45. The Labute approximate surface area is 167 Å². The van der Waals surface area contributed by atoms with Gasteiger partial charge in [0.25, 0.3) is 0 Å². The zero-order chi connectivity index (χ0) is 20.2. The molecular weight excluding hydrogens is 374 g/mol. The lowest BCUT2D eigenvalue weighted by atomic mass is 9.72. The van der Waals surface area contributed by atoms with Gasteiger partial charge in [-0.3, -0.25) is 9.78 Å². The van der Waals surface area contributed by atoms with Crippen LogP contribution in [-0.2, 0) is 26.8 Å². The van der Waals surface area contributed by atoms with Crippen molar-refractivity contribution in [2.24, 2.45) is 0 Å². The van der Waals surface area contributed by atoms with Crippen LogP contribution in [0.4, 0.5) is 0 Å². The number of sulfonamides is 1. The number of aromatic nitrogens is 1. The van der Waals surface area contributed by atoms with Gasteiger partial charge in [0, 0.05) is 39.1 Å². The first-order valence-corrected chi connectivity index (χ1v) is 11.2. The van der Waals surface area contributed by atoms with Crippen LogP contribution in [0.25, 0.3) is 0 Å². The Bertz CT molecular complexity index is 893. The van der Waals surface area contributed by atoms with E-state index >= 15 is 0 Å². The number of pyridine rings is 1. The smallest absolute Gasteiger partial charge is 0.233 e.